The third-order valence-electron chi connectivity index (χ3n) is 5.71. The number of aromatic nitrogens is 1. The van der Waals surface area contributed by atoms with Crippen LogP contribution in [0.4, 0.5) is 5.69 Å². The fourth-order valence-corrected chi connectivity index (χ4v) is 6.68. The van der Waals surface area contributed by atoms with Crippen molar-refractivity contribution in [2.24, 2.45) is 7.05 Å². The Morgan fingerprint density at radius 3 is 2.17 bits per heavy atom. The Bertz CT molecular complexity index is 1450. The summed E-state index contributed by atoms with van der Waals surface area (Å²) in [7, 11) is 2.20. The van der Waals surface area contributed by atoms with Gasteiger partial charge in [0, 0.05) is 10.3 Å². The van der Waals surface area contributed by atoms with Gasteiger partial charge in [0.25, 0.3) is 5.01 Å². The van der Waals surface area contributed by atoms with Gasteiger partial charge in [0.05, 0.1) is 21.7 Å². The molecule has 0 unspecified atom stereocenters. The fraction of sp³-hybridized carbons (Fsp3) is 0.0800. The van der Waals surface area contributed by atoms with Gasteiger partial charge in [-0.2, -0.15) is 4.57 Å². The molecule has 2 nitrogen and oxygen atoms in total. The van der Waals surface area contributed by atoms with Crippen molar-refractivity contribution in [3.05, 3.63) is 82.8 Å². The molecule has 1 aliphatic rings. The number of para-hydroxylation sites is 1. The van der Waals surface area contributed by atoms with Gasteiger partial charge in [0.1, 0.15) is 11.7 Å². The zero-order valence-electron chi connectivity index (χ0n) is 16.2. The Labute approximate surface area is 177 Å². The van der Waals surface area contributed by atoms with Gasteiger partial charge in [0.15, 0.2) is 0 Å². The lowest BCUT2D eigenvalue weighted by Crippen LogP contribution is -2.30. The second-order valence-corrected chi connectivity index (χ2v) is 9.46. The van der Waals surface area contributed by atoms with E-state index in [4.69, 9.17) is 0 Å². The highest BCUT2D eigenvalue weighted by Gasteiger charge is 2.27. The number of anilines is 1. The highest BCUT2D eigenvalue weighted by molar-refractivity contribution is 8.04. The van der Waals surface area contributed by atoms with Crippen LogP contribution in [0, 0.1) is 0 Å². The van der Waals surface area contributed by atoms with E-state index < -0.39 is 0 Å². The average Bonchev–Trinajstić information content (AvgIpc) is 3.35. The zero-order valence-corrected chi connectivity index (χ0v) is 17.8. The van der Waals surface area contributed by atoms with Crippen molar-refractivity contribution in [2.75, 3.05) is 5.32 Å². The van der Waals surface area contributed by atoms with E-state index in [1.54, 1.807) is 0 Å². The summed E-state index contributed by atoms with van der Waals surface area (Å²) in [5.41, 5.74) is 3.81. The number of nitrogens with zero attached hydrogens (tertiary/aromatic N) is 1. The third kappa shape index (κ3) is 2.46. The Hall–Kier alpha value is -2.82. The molecule has 1 aromatic heterocycles. The van der Waals surface area contributed by atoms with Crippen LogP contribution in [0.2, 0.25) is 0 Å². The normalized spacial score (nSPS) is 15.1. The van der Waals surface area contributed by atoms with Crippen LogP contribution in [0.1, 0.15) is 11.9 Å². The van der Waals surface area contributed by atoms with Gasteiger partial charge in [0.2, 0.25) is 5.52 Å². The topological polar surface area (TPSA) is 15.9 Å². The van der Waals surface area contributed by atoms with Crippen LogP contribution >= 0.6 is 23.1 Å². The number of nitrogens with one attached hydrogen (secondary N) is 1. The Morgan fingerprint density at radius 1 is 0.793 bits per heavy atom. The summed E-state index contributed by atoms with van der Waals surface area (Å²) >= 11 is 3.72. The van der Waals surface area contributed by atoms with E-state index in [1.165, 1.54) is 58.0 Å². The SMILES string of the molecule is CC(=C1Nc2ccccc2S1)c1sc2c3ccccc3c3ccccc3c2[n+]1C. The molecular formula is C25H19N2S2+. The second-order valence-electron chi connectivity index (χ2n) is 7.41. The van der Waals surface area contributed by atoms with E-state index in [2.05, 4.69) is 96.7 Å². The molecule has 4 heteroatoms. The maximum Gasteiger partial charge on any atom is 0.268 e. The lowest BCUT2D eigenvalue weighted by Gasteiger charge is -2.04. The van der Waals surface area contributed by atoms with Gasteiger partial charge in [-0.1, -0.05) is 77.7 Å². The van der Waals surface area contributed by atoms with Crippen LogP contribution < -0.4 is 9.88 Å². The largest absolute Gasteiger partial charge is 0.349 e. The van der Waals surface area contributed by atoms with E-state index in [0.29, 0.717) is 0 Å². The minimum absolute atomic E-state index is 1.20. The number of thiazole rings is 1. The molecule has 0 fully saturated rings. The third-order valence-corrected chi connectivity index (χ3v) is 8.29. The molecule has 0 bridgehead atoms. The maximum atomic E-state index is 3.61. The van der Waals surface area contributed by atoms with Crippen molar-refractivity contribution >= 4 is 66.1 Å². The Balaban J connectivity index is 1.66. The molecule has 0 aliphatic carbocycles. The molecule has 1 N–H and O–H groups in total. The number of hydrogen-bond acceptors (Lipinski definition) is 3. The number of thioether (sulfide) groups is 1. The highest BCUT2D eigenvalue weighted by atomic mass is 32.2. The molecule has 2 heterocycles. The summed E-state index contributed by atoms with van der Waals surface area (Å²) in [5.74, 6) is 0. The number of rotatable bonds is 1. The number of fused-ring (bicyclic) bond motifs is 7. The Morgan fingerprint density at radius 2 is 1.41 bits per heavy atom. The lowest BCUT2D eigenvalue weighted by molar-refractivity contribution is -0.641. The van der Waals surface area contributed by atoms with Crippen LogP contribution in [0.5, 0.6) is 0 Å². The van der Waals surface area contributed by atoms with Gasteiger partial charge in [-0.15, -0.1) is 0 Å². The van der Waals surface area contributed by atoms with Crippen LogP contribution in [-0.4, -0.2) is 0 Å². The van der Waals surface area contributed by atoms with E-state index in [0.717, 1.165) is 0 Å². The number of benzene rings is 4. The zero-order chi connectivity index (χ0) is 19.5. The van der Waals surface area contributed by atoms with Crippen molar-refractivity contribution < 1.29 is 4.57 Å². The van der Waals surface area contributed by atoms with Crippen LogP contribution in [0.15, 0.2) is 82.7 Å². The molecule has 0 saturated carbocycles. The van der Waals surface area contributed by atoms with Crippen LogP contribution in [-0.2, 0) is 7.05 Å². The van der Waals surface area contributed by atoms with Crippen LogP contribution in [0.3, 0.4) is 0 Å². The molecule has 1 aliphatic heterocycles. The highest BCUT2D eigenvalue weighted by Crippen LogP contribution is 2.45. The predicted octanol–water partition coefficient (Wildman–Crippen LogP) is 6.94. The van der Waals surface area contributed by atoms with Crippen molar-refractivity contribution in [2.45, 2.75) is 11.8 Å². The first-order valence-corrected chi connectivity index (χ1v) is 11.3. The number of allylic oxidation sites excluding steroid dienone is 1. The molecule has 0 atom stereocenters. The van der Waals surface area contributed by atoms with Crippen molar-refractivity contribution in [1.29, 1.82) is 0 Å². The average molecular weight is 412 g/mol. The summed E-state index contributed by atoms with van der Waals surface area (Å²) in [5, 5.41) is 11.4. The number of hydrogen-bond donors (Lipinski definition) is 1. The molecule has 5 aromatic rings. The van der Waals surface area contributed by atoms with E-state index in [-0.39, 0.29) is 0 Å². The summed E-state index contributed by atoms with van der Waals surface area (Å²) in [6.07, 6.45) is 0. The minimum atomic E-state index is 1.20. The molecule has 29 heavy (non-hydrogen) atoms. The standard InChI is InChI=1S/C25H18N2S2/c1-15(24-26-20-13-7-8-14-21(20)28-24)25-27(2)22-18-11-5-3-9-16(18)17-10-4-6-12-19(17)23(22)29-25/h3-14H,1-2H3/p+1. The van der Waals surface area contributed by atoms with Crippen molar-refractivity contribution in [3.8, 4) is 0 Å². The summed E-state index contributed by atoms with van der Waals surface area (Å²) in [4.78, 5) is 1.29. The summed E-state index contributed by atoms with van der Waals surface area (Å²) < 4.78 is 3.74. The molecule has 140 valence electrons. The monoisotopic (exact) mass is 411 g/mol. The lowest BCUT2D eigenvalue weighted by atomic mass is 10.0. The van der Waals surface area contributed by atoms with Gasteiger partial charge in [-0.25, -0.2) is 0 Å². The molecule has 4 aromatic carbocycles. The first-order chi connectivity index (χ1) is 14.2. The van der Waals surface area contributed by atoms with Crippen LogP contribution in [0.25, 0.3) is 37.3 Å². The smallest absolute Gasteiger partial charge is 0.268 e. The van der Waals surface area contributed by atoms with E-state index >= 15 is 0 Å². The van der Waals surface area contributed by atoms with E-state index in [1.807, 2.05) is 23.1 Å². The van der Waals surface area contributed by atoms with E-state index in [9.17, 15) is 0 Å². The minimum Gasteiger partial charge on any atom is -0.349 e. The number of aryl methyl sites for hydroxylation is 1. The predicted molar refractivity (Wildman–Crippen MR) is 127 cm³/mol. The molecule has 6 rings (SSSR count). The van der Waals surface area contributed by atoms with Gasteiger partial charge in [-0.05, 0) is 35.9 Å². The first kappa shape index (κ1) is 17.1. The van der Waals surface area contributed by atoms with Gasteiger partial charge in [-0.3, -0.25) is 0 Å². The molecule has 0 spiro atoms. The van der Waals surface area contributed by atoms with Crippen molar-refractivity contribution in [1.82, 2.24) is 0 Å². The molecular weight excluding hydrogens is 392 g/mol. The van der Waals surface area contributed by atoms with Crippen molar-refractivity contribution in [3.63, 3.8) is 0 Å². The van der Waals surface area contributed by atoms with Gasteiger partial charge >= 0.3 is 0 Å². The second kappa shape index (κ2) is 6.34. The summed E-state index contributed by atoms with van der Waals surface area (Å²) in [6, 6.07) is 26.1. The maximum absolute atomic E-state index is 3.61. The quantitative estimate of drug-likeness (QED) is 0.237. The summed E-state index contributed by atoms with van der Waals surface area (Å²) in [6.45, 7) is 2.23. The molecule has 0 radical (unpaired) electrons. The molecule has 0 saturated heterocycles. The Kier molecular flexibility index (Phi) is 3.73. The van der Waals surface area contributed by atoms with Gasteiger partial charge < -0.3 is 5.32 Å². The fourth-order valence-electron chi connectivity index (χ4n) is 4.31. The molecule has 0 amide bonds. The first-order valence-electron chi connectivity index (χ1n) is 9.69.